The van der Waals surface area contributed by atoms with E-state index < -0.39 is 22.0 Å². The second-order valence-corrected chi connectivity index (χ2v) is 7.60. The van der Waals surface area contributed by atoms with Gasteiger partial charge in [-0.1, -0.05) is 35.9 Å². The minimum absolute atomic E-state index is 0.0456. The number of carbonyl (C=O) groups excluding carboxylic acids is 1. The first-order chi connectivity index (χ1) is 11.4. The molecule has 1 aliphatic rings. The Morgan fingerprint density at radius 1 is 1.21 bits per heavy atom. The van der Waals surface area contributed by atoms with Crippen LogP contribution in [0.1, 0.15) is 33.9 Å². The van der Waals surface area contributed by atoms with Crippen molar-refractivity contribution in [3.05, 3.63) is 64.2 Å². The fourth-order valence-corrected chi connectivity index (χ4v) is 4.76. The number of carbonyl (C=O) groups is 1. The van der Waals surface area contributed by atoms with Crippen LogP contribution in [-0.2, 0) is 21.2 Å². The molecule has 1 N–H and O–H groups in total. The first-order valence-corrected chi connectivity index (χ1v) is 9.27. The summed E-state index contributed by atoms with van der Waals surface area (Å²) in [4.78, 5) is 11.9. The van der Waals surface area contributed by atoms with Crippen molar-refractivity contribution >= 4 is 27.6 Å². The summed E-state index contributed by atoms with van der Waals surface area (Å²) in [6.45, 7) is 0. The molecule has 1 atom stereocenters. The number of nitrogens with one attached hydrogen (secondary N) is 1. The topological polar surface area (TPSA) is 72.5 Å². The number of ether oxygens (including phenoxy) is 1. The Labute approximate surface area is 145 Å². The molecule has 0 heterocycles. The number of rotatable bonds is 4. The number of methoxy groups -OCH3 is 1. The molecule has 0 aromatic heterocycles. The maximum atomic E-state index is 12.6. The molecule has 2 aromatic rings. The highest BCUT2D eigenvalue weighted by Crippen LogP contribution is 2.35. The Kier molecular flexibility index (Phi) is 4.62. The molecule has 0 amide bonds. The van der Waals surface area contributed by atoms with Gasteiger partial charge in [-0.3, -0.25) is 0 Å². The van der Waals surface area contributed by atoms with Gasteiger partial charge in [0.25, 0.3) is 0 Å². The van der Waals surface area contributed by atoms with E-state index in [1.54, 1.807) is 24.3 Å². The molecule has 0 spiro atoms. The van der Waals surface area contributed by atoms with Crippen LogP contribution in [0.4, 0.5) is 0 Å². The minimum atomic E-state index is -3.75. The SMILES string of the molecule is COC(=O)c1cccc2c1CC[C@@H]2NS(=O)(=O)c1ccccc1Cl. The van der Waals surface area contributed by atoms with E-state index in [1.807, 2.05) is 6.07 Å². The van der Waals surface area contributed by atoms with Gasteiger partial charge in [-0.15, -0.1) is 0 Å². The third-order valence-corrected chi connectivity index (χ3v) is 6.07. The number of halogens is 1. The van der Waals surface area contributed by atoms with E-state index in [-0.39, 0.29) is 9.92 Å². The zero-order valence-electron chi connectivity index (χ0n) is 13.0. The Morgan fingerprint density at radius 2 is 1.96 bits per heavy atom. The van der Waals surface area contributed by atoms with Crippen LogP contribution in [0.2, 0.25) is 5.02 Å². The van der Waals surface area contributed by atoms with Crippen molar-refractivity contribution in [1.82, 2.24) is 4.72 Å². The molecule has 7 heteroatoms. The van der Waals surface area contributed by atoms with Gasteiger partial charge in [0.1, 0.15) is 4.90 Å². The standard InChI is InChI=1S/C17H16ClNO4S/c1-23-17(20)13-6-4-5-12-11(13)9-10-15(12)19-24(21,22)16-8-3-2-7-14(16)18/h2-8,15,19H,9-10H2,1H3/t15-/m0/s1. The molecule has 0 unspecified atom stereocenters. The van der Waals surface area contributed by atoms with Crippen molar-refractivity contribution in [3.63, 3.8) is 0 Å². The van der Waals surface area contributed by atoms with Crippen LogP contribution in [0.25, 0.3) is 0 Å². The molecule has 0 saturated heterocycles. The third-order valence-electron chi connectivity index (χ3n) is 4.10. The third kappa shape index (κ3) is 3.05. The summed E-state index contributed by atoms with van der Waals surface area (Å²) in [7, 11) is -2.43. The highest BCUT2D eigenvalue weighted by Gasteiger charge is 2.31. The van der Waals surface area contributed by atoms with Crippen LogP contribution in [0.5, 0.6) is 0 Å². The van der Waals surface area contributed by atoms with E-state index in [0.29, 0.717) is 18.4 Å². The van der Waals surface area contributed by atoms with Gasteiger partial charge in [-0.25, -0.2) is 17.9 Å². The van der Waals surface area contributed by atoms with E-state index in [2.05, 4.69) is 4.72 Å². The zero-order chi connectivity index (χ0) is 17.3. The minimum Gasteiger partial charge on any atom is -0.465 e. The summed E-state index contributed by atoms with van der Waals surface area (Å²) < 4.78 is 32.7. The maximum absolute atomic E-state index is 12.6. The van der Waals surface area contributed by atoms with Gasteiger partial charge in [-0.05, 0) is 42.2 Å². The number of sulfonamides is 1. The predicted molar refractivity (Wildman–Crippen MR) is 90.6 cm³/mol. The van der Waals surface area contributed by atoms with E-state index in [9.17, 15) is 13.2 Å². The Hall–Kier alpha value is -1.89. The molecule has 3 rings (SSSR count). The summed E-state index contributed by atoms with van der Waals surface area (Å²) in [6, 6.07) is 11.1. The largest absolute Gasteiger partial charge is 0.465 e. The normalized spacial score (nSPS) is 16.7. The first-order valence-electron chi connectivity index (χ1n) is 7.41. The molecule has 0 radical (unpaired) electrons. The van der Waals surface area contributed by atoms with E-state index in [0.717, 1.165) is 11.1 Å². The van der Waals surface area contributed by atoms with Gasteiger partial charge in [0.05, 0.1) is 17.7 Å². The molecule has 1 aliphatic carbocycles. The van der Waals surface area contributed by atoms with Crippen molar-refractivity contribution in [2.75, 3.05) is 7.11 Å². The Bertz CT molecular complexity index is 895. The van der Waals surface area contributed by atoms with Crippen LogP contribution < -0.4 is 4.72 Å². The fourth-order valence-electron chi connectivity index (χ4n) is 2.99. The average Bonchev–Trinajstić information content (AvgIpc) is 2.97. The number of fused-ring (bicyclic) bond motifs is 1. The van der Waals surface area contributed by atoms with Crippen LogP contribution in [0, 0.1) is 0 Å². The lowest BCUT2D eigenvalue weighted by Crippen LogP contribution is -2.27. The highest BCUT2D eigenvalue weighted by molar-refractivity contribution is 7.89. The highest BCUT2D eigenvalue weighted by atomic mass is 35.5. The number of esters is 1. The molecule has 126 valence electrons. The van der Waals surface area contributed by atoms with Crippen molar-refractivity contribution in [1.29, 1.82) is 0 Å². The smallest absolute Gasteiger partial charge is 0.338 e. The summed E-state index contributed by atoms with van der Waals surface area (Å²) in [5.74, 6) is -0.415. The van der Waals surface area contributed by atoms with Gasteiger partial charge in [-0.2, -0.15) is 0 Å². The lowest BCUT2D eigenvalue weighted by molar-refractivity contribution is 0.0599. The Balaban J connectivity index is 1.93. The summed E-state index contributed by atoms with van der Waals surface area (Å²) in [5.41, 5.74) is 2.11. The molecule has 0 bridgehead atoms. The summed E-state index contributed by atoms with van der Waals surface area (Å²) in [5, 5.41) is 0.173. The average molecular weight is 366 g/mol. The van der Waals surface area contributed by atoms with Crippen LogP contribution >= 0.6 is 11.6 Å². The van der Waals surface area contributed by atoms with Gasteiger partial charge in [0.2, 0.25) is 10.0 Å². The fraction of sp³-hybridized carbons (Fsp3) is 0.235. The van der Waals surface area contributed by atoms with Gasteiger partial charge < -0.3 is 4.74 Å². The number of hydrogen-bond donors (Lipinski definition) is 1. The predicted octanol–water partition coefficient (Wildman–Crippen LogP) is 3.09. The van der Waals surface area contributed by atoms with Crippen molar-refractivity contribution in [3.8, 4) is 0 Å². The monoisotopic (exact) mass is 365 g/mol. The van der Waals surface area contributed by atoms with Crippen LogP contribution in [0.3, 0.4) is 0 Å². The van der Waals surface area contributed by atoms with Crippen LogP contribution in [-0.4, -0.2) is 21.5 Å². The van der Waals surface area contributed by atoms with Gasteiger partial charge in [0, 0.05) is 6.04 Å². The lowest BCUT2D eigenvalue weighted by Gasteiger charge is -2.15. The molecular formula is C17H16ClNO4S. The number of hydrogen-bond acceptors (Lipinski definition) is 4. The summed E-state index contributed by atoms with van der Waals surface area (Å²) in [6.07, 6.45) is 1.18. The first kappa shape index (κ1) is 17.0. The quantitative estimate of drug-likeness (QED) is 0.845. The van der Waals surface area contributed by atoms with E-state index in [4.69, 9.17) is 16.3 Å². The molecule has 2 aromatic carbocycles. The Morgan fingerprint density at radius 3 is 2.67 bits per heavy atom. The zero-order valence-corrected chi connectivity index (χ0v) is 14.5. The van der Waals surface area contributed by atoms with Gasteiger partial charge >= 0.3 is 5.97 Å². The van der Waals surface area contributed by atoms with E-state index >= 15 is 0 Å². The molecular weight excluding hydrogens is 350 g/mol. The second-order valence-electron chi connectivity index (χ2n) is 5.51. The molecule has 24 heavy (non-hydrogen) atoms. The van der Waals surface area contributed by atoms with E-state index in [1.165, 1.54) is 19.2 Å². The van der Waals surface area contributed by atoms with Crippen molar-refractivity contribution < 1.29 is 17.9 Å². The van der Waals surface area contributed by atoms with Crippen LogP contribution in [0.15, 0.2) is 47.4 Å². The maximum Gasteiger partial charge on any atom is 0.338 e. The summed E-state index contributed by atoms with van der Waals surface area (Å²) >= 11 is 6.00. The molecule has 0 fully saturated rings. The molecule has 0 aliphatic heterocycles. The van der Waals surface area contributed by atoms with Gasteiger partial charge in [0.15, 0.2) is 0 Å². The number of benzene rings is 2. The second kappa shape index (κ2) is 6.55. The molecule has 5 nitrogen and oxygen atoms in total. The lowest BCUT2D eigenvalue weighted by atomic mass is 10.0. The molecule has 0 saturated carbocycles. The van der Waals surface area contributed by atoms with Crippen molar-refractivity contribution in [2.45, 2.75) is 23.8 Å². The van der Waals surface area contributed by atoms with Crippen molar-refractivity contribution in [2.24, 2.45) is 0 Å².